The number of rotatable bonds is 10. The minimum atomic E-state index is -0.0247. The molecule has 236 valence electrons. The number of carbonyl (C=O) groups is 1. The average Bonchev–Trinajstić information content (AvgIpc) is 3.74. The van der Waals surface area contributed by atoms with Gasteiger partial charge in [-0.3, -0.25) is 14.6 Å². The number of ether oxygens (including phenoxy) is 2. The van der Waals surface area contributed by atoms with Crippen LogP contribution < -0.4 is 9.47 Å². The standard InChI is InChI=1S/C38H44N2O4S/c41-29-14-19-32-35(26-29)45-38(28-12-15-30(16-13-28)43-25-24-39-20-6-7-21-39)36(32)37(42)27-10-17-31(18-11-27)44-34-9-3-2-8-33(34)40-22-4-1-5-23-40/h10-19,26,33-34,41H,1-9,20-25H2/t33-,34-/m1/s1. The van der Waals surface area contributed by atoms with Gasteiger partial charge in [-0.25, -0.2) is 0 Å². The first-order valence-electron chi connectivity index (χ1n) is 16.9. The van der Waals surface area contributed by atoms with Crippen molar-refractivity contribution in [1.82, 2.24) is 9.80 Å². The smallest absolute Gasteiger partial charge is 0.195 e. The summed E-state index contributed by atoms with van der Waals surface area (Å²) in [4.78, 5) is 20.2. The van der Waals surface area contributed by atoms with Crippen LogP contribution in [0.3, 0.4) is 0 Å². The first-order chi connectivity index (χ1) is 22.1. The van der Waals surface area contributed by atoms with Gasteiger partial charge in [0.25, 0.3) is 0 Å². The van der Waals surface area contributed by atoms with Crippen LogP contribution in [0.1, 0.15) is 73.7 Å². The first kappa shape index (κ1) is 30.3. The number of phenols is 1. The van der Waals surface area contributed by atoms with Crippen LogP contribution in [0.15, 0.2) is 66.7 Å². The van der Waals surface area contributed by atoms with Crippen molar-refractivity contribution >= 4 is 27.2 Å². The van der Waals surface area contributed by atoms with Crippen molar-refractivity contribution in [3.8, 4) is 27.7 Å². The molecule has 4 aromatic rings. The number of benzene rings is 3. The van der Waals surface area contributed by atoms with Crippen LogP contribution in [0.25, 0.3) is 20.5 Å². The summed E-state index contributed by atoms with van der Waals surface area (Å²) in [5.41, 5.74) is 2.27. The molecule has 1 N–H and O–H groups in total. The fourth-order valence-corrected chi connectivity index (χ4v) is 8.64. The van der Waals surface area contributed by atoms with Crippen LogP contribution in [-0.2, 0) is 0 Å². The first-order valence-corrected chi connectivity index (χ1v) is 17.7. The Bertz CT molecular complexity index is 1590. The van der Waals surface area contributed by atoms with E-state index >= 15 is 0 Å². The summed E-state index contributed by atoms with van der Waals surface area (Å²) in [6.07, 6.45) is 11.4. The molecule has 1 saturated carbocycles. The number of thiophene rings is 1. The number of hydrogen-bond donors (Lipinski definition) is 1. The molecule has 0 spiro atoms. The monoisotopic (exact) mass is 624 g/mol. The van der Waals surface area contributed by atoms with Gasteiger partial charge in [-0.2, -0.15) is 0 Å². The minimum Gasteiger partial charge on any atom is -0.508 e. The zero-order valence-corrected chi connectivity index (χ0v) is 26.9. The summed E-state index contributed by atoms with van der Waals surface area (Å²) in [5.74, 6) is 1.84. The van der Waals surface area contributed by atoms with E-state index in [1.54, 1.807) is 12.1 Å². The Morgan fingerprint density at radius 2 is 1.51 bits per heavy atom. The second-order valence-electron chi connectivity index (χ2n) is 12.9. The second-order valence-corrected chi connectivity index (χ2v) is 13.9. The molecule has 3 heterocycles. The van der Waals surface area contributed by atoms with Crippen LogP contribution in [0.5, 0.6) is 17.2 Å². The fraction of sp³-hybridized carbons (Fsp3) is 0.447. The van der Waals surface area contributed by atoms with Crippen LogP contribution in [0, 0.1) is 0 Å². The van der Waals surface area contributed by atoms with E-state index in [-0.39, 0.29) is 17.6 Å². The molecule has 45 heavy (non-hydrogen) atoms. The van der Waals surface area contributed by atoms with E-state index in [0.29, 0.717) is 23.8 Å². The second kappa shape index (κ2) is 13.9. The molecule has 1 aliphatic carbocycles. The quantitative estimate of drug-likeness (QED) is 0.180. The number of phenolic OH excluding ortho intramolecular Hbond substituents is 1. The van der Waals surface area contributed by atoms with Crippen molar-refractivity contribution in [3.05, 3.63) is 77.9 Å². The van der Waals surface area contributed by atoms with Gasteiger partial charge in [-0.05, 0) is 143 Å². The van der Waals surface area contributed by atoms with Crippen LogP contribution >= 0.6 is 11.3 Å². The molecular formula is C38H44N2O4S. The van der Waals surface area contributed by atoms with E-state index in [9.17, 15) is 9.90 Å². The lowest BCUT2D eigenvalue weighted by Crippen LogP contribution is -2.49. The zero-order chi connectivity index (χ0) is 30.6. The van der Waals surface area contributed by atoms with E-state index in [1.165, 1.54) is 75.8 Å². The third-order valence-corrected chi connectivity index (χ3v) is 11.0. The molecule has 0 unspecified atom stereocenters. The molecular weight excluding hydrogens is 580 g/mol. The normalized spacial score (nSPS) is 21.2. The number of carbonyl (C=O) groups excluding carboxylic acids is 1. The van der Waals surface area contributed by atoms with Crippen molar-refractivity contribution in [1.29, 1.82) is 0 Å². The number of hydrogen-bond acceptors (Lipinski definition) is 7. The maximum absolute atomic E-state index is 14.2. The van der Waals surface area contributed by atoms with Crippen molar-refractivity contribution in [2.45, 2.75) is 69.9 Å². The third kappa shape index (κ3) is 6.91. The highest BCUT2D eigenvalue weighted by molar-refractivity contribution is 7.22. The summed E-state index contributed by atoms with van der Waals surface area (Å²) in [7, 11) is 0. The maximum Gasteiger partial charge on any atom is 0.195 e. The largest absolute Gasteiger partial charge is 0.508 e. The van der Waals surface area contributed by atoms with Crippen molar-refractivity contribution < 1.29 is 19.4 Å². The molecule has 0 radical (unpaired) electrons. The van der Waals surface area contributed by atoms with Crippen molar-refractivity contribution in [2.75, 3.05) is 39.3 Å². The van der Waals surface area contributed by atoms with Crippen LogP contribution in [-0.4, -0.2) is 72.2 Å². The zero-order valence-electron chi connectivity index (χ0n) is 26.1. The van der Waals surface area contributed by atoms with E-state index in [1.807, 2.05) is 54.6 Å². The predicted octanol–water partition coefficient (Wildman–Crippen LogP) is 8.16. The Morgan fingerprint density at radius 1 is 0.800 bits per heavy atom. The molecule has 3 fully saturated rings. The Balaban J connectivity index is 1.09. The molecule has 6 nitrogen and oxygen atoms in total. The number of likely N-dealkylation sites (tertiary alicyclic amines) is 2. The van der Waals surface area contributed by atoms with Gasteiger partial charge in [0.05, 0.1) is 0 Å². The fourth-order valence-electron chi connectivity index (χ4n) is 7.40. The molecule has 3 aromatic carbocycles. The number of ketones is 1. The number of fused-ring (bicyclic) bond motifs is 1. The molecule has 1 aromatic heterocycles. The highest BCUT2D eigenvalue weighted by atomic mass is 32.1. The van der Waals surface area contributed by atoms with E-state index < -0.39 is 0 Å². The minimum absolute atomic E-state index is 0.0247. The van der Waals surface area contributed by atoms with Gasteiger partial charge >= 0.3 is 0 Å². The molecule has 3 aliphatic rings. The summed E-state index contributed by atoms with van der Waals surface area (Å²) in [5, 5.41) is 11.1. The topological polar surface area (TPSA) is 62.2 Å². The van der Waals surface area contributed by atoms with Crippen LogP contribution in [0.2, 0.25) is 0 Å². The summed E-state index contributed by atoms with van der Waals surface area (Å²) < 4.78 is 13.5. The van der Waals surface area contributed by atoms with Gasteiger partial charge in [-0.15, -0.1) is 11.3 Å². The highest BCUT2D eigenvalue weighted by Gasteiger charge is 2.32. The lowest BCUT2D eigenvalue weighted by molar-refractivity contribution is 0.0261. The Morgan fingerprint density at radius 3 is 2.29 bits per heavy atom. The Labute approximate surface area is 270 Å². The molecule has 7 rings (SSSR count). The van der Waals surface area contributed by atoms with E-state index in [2.05, 4.69) is 9.80 Å². The van der Waals surface area contributed by atoms with Crippen LogP contribution in [0.4, 0.5) is 0 Å². The van der Waals surface area contributed by atoms with Gasteiger partial charge in [0, 0.05) is 38.7 Å². The van der Waals surface area contributed by atoms with Gasteiger partial charge in [-0.1, -0.05) is 12.8 Å². The summed E-state index contributed by atoms with van der Waals surface area (Å²) in [6, 6.07) is 21.5. The lowest BCUT2D eigenvalue weighted by Gasteiger charge is -2.41. The Kier molecular flexibility index (Phi) is 9.38. The summed E-state index contributed by atoms with van der Waals surface area (Å²) >= 11 is 1.54. The Hall–Kier alpha value is -3.39. The number of piperidine rings is 1. The highest BCUT2D eigenvalue weighted by Crippen LogP contribution is 2.42. The molecule has 2 atom stereocenters. The van der Waals surface area contributed by atoms with Gasteiger partial charge in [0.15, 0.2) is 5.78 Å². The van der Waals surface area contributed by atoms with Crippen molar-refractivity contribution in [2.24, 2.45) is 0 Å². The molecule has 2 aliphatic heterocycles. The van der Waals surface area contributed by atoms with E-state index in [4.69, 9.17) is 9.47 Å². The van der Waals surface area contributed by atoms with Gasteiger partial charge in [0.2, 0.25) is 0 Å². The van der Waals surface area contributed by atoms with E-state index in [0.717, 1.165) is 58.1 Å². The molecule has 7 heteroatoms. The van der Waals surface area contributed by atoms with Crippen molar-refractivity contribution in [3.63, 3.8) is 0 Å². The lowest BCUT2D eigenvalue weighted by atomic mass is 9.90. The number of aromatic hydroxyl groups is 1. The SMILES string of the molecule is O=C(c1ccc(O[C@@H]2CCCC[C@H]2N2CCCCC2)cc1)c1c(-c2ccc(OCCN3CCCC3)cc2)sc2cc(O)ccc12. The molecule has 2 saturated heterocycles. The summed E-state index contributed by atoms with van der Waals surface area (Å²) in [6.45, 7) is 6.31. The van der Waals surface area contributed by atoms with Gasteiger partial charge in [0.1, 0.15) is 30.0 Å². The maximum atomic E-state index is 14.2. The predicted molar refractivity (Wildman–Crippen MR) is 182 cm³/mol. The van der Waals surface area contributed by atoms with Gasteiger partial charge < -0.3 is 14.6 Å². The third-order valence-electron chi connectivity index (χ3n) is 9.82. The molecule has 0 bridgehead atoms. The molecule has 0 amide bonds. The average molecular weight is 625 g/mol. The number of nitrogens with zero attached hydrogens (tertiary/aromatic N) is 2.